The van der Waals surface area contributed by atoms with E-state index < -0.39 is 24.8 Å². The summed E-state index contributed by atoms with van der Waals surface area (Å²) in [5.74, 6) is 0.665. The van der Waals surface area contributed by atoms with Crippen LogP contribution in [0.25, 0.3) is 0 Å². The average Bonchev–Trinajstić information content (AvgIpc) is 2.88. The van der Waals surface area contributed by atoms with E-state index in [-0.39, 0.29) is 30.5 Å². The molecule has 0 bridgehead atoms. The summed E-state index contributed by atoms with van der Waals surface area (Å²) >= 11 is 0. The Morgan fingerprint density at radius 1 is 1.29 bits per heavy atom. The van der Waals surface area contributed by atoms with Crippen LogP contribution in [-0.2, 0) is 17.7 Å². The predicted molar refractivity (Wildman–Crippen MR) is 136 cm³/mol. The van der Waals surface area contributed by atoms with E-state index in [1.54, 1.807) is 43.6 Å². The molecule has 0 fully saturated rings. The summed E-state index contributed by atoms with van der Waals surface area (Å²) in [5.41, 5.74) is 2.14. The zero-order valence-electron chi connectivity index (χ0n) is 21.6. The van der Waals surface area contributed by atoms with Crippen molar-refractivity contribution in [1.82, 2.24) is 14.8 Å². The van der Waals surface area contributed by atoms with Crippen molar-refractivity contribution in [2.75, 3.05) is 32.6 Å². The van der Waals surface area contributed by atoms with Crippen LogP contribution in [0.4, 0.5) is 23.8 Å². The van der Waals surface area contributed by atoms with Crippen molar-refractivity contribution >= 4 is 23.7 Å². The summed E-state index contributed by atoms with van der Waals surface area (Å²) in [4.78, 5) is 37.2. The van der Waals surface area contributed by atoms with Crippen LogP contribution >= 0.6 is 0 Å². The number of hydrogen-bond donors (Lipinski definition) is 1. The summed E-state index contributed by atoms with van der Waals surface area (Å²) in [5, 5.41) is 2.76. The zero-order valence-corrected chi connectivity index (χ0v) is 21.6. The molecule has 1 N–H and O–H groups in total. The van der Waals surface area contributed by atoms with Gasteiger partial charge in [-0.25, -0.2) is 9.78 Å². The average molecular weight is 534 g/mol. The second-order valence-electron chi connectivity index (χ2n) is 8.76. The number of nitrogens with zero attached hydrogens (tertiary/aromatic N) is 4. The standard InChI is InChI=1S/C26H30F3N5O4/c1-6-34(16(2)3)23(30-4)20-8-7-9-22(31-20)32-24(35)19-12-18-14-33(25(36)38-15-26(27,28)29)11-10-17(18)13-21(19)37-5/h6-9,12-13,16H,1,10-11,14-15H2,2-5H3,(H,31,32,35). The molecule has 1 aromatic carbocycles. The number of rotatable bonds is 7. The number of benzene rings is 1. The number of halogens is 3. The van der Waals surface area contributed by atoms with Gasteiger partial charge in [0.25, 0.3) is 5.91 Å². The Balaban J connectivity index is 1.82. The normalized spacial score (nSPS) is 13.6. The Kier molecular flexibility index (Phi) is 8.97. The minimum Gasteiger partial charge on any atom is -0.496 e. The molecular formula is C26H30F3N5O4. The fourth-order valence-corrected chi connectivity index (χ4v) is 4.04. The van der Waals surface area contributed by atoms with E-state index in [0.717, 1.165) is 5.56 Å². The van der Waals surface area contributed by atoms with Gasteiger partial charge in [0.2, 0.25) is 0 Å². The number of pyridine rings is 1. The number of fused-ring (bicyclic) bond motifs is 1. The molecule has 1 aromatic heterocycles. The number of hydrogen-bond acceptors (Lipinski definition) is 6. The number of carbonyl (C=O) groups excluding carboxylic acids is 2. The molecule has 38 heavy (non-hydrogen) atoms. The number of amidine groups is 1. The third-order valence-corrected chi connectivity index (χ3v) is 5.83. The van der Waals surface area contributed by atoms with E-state index >= 15 is 0 Å². The largest absolute Gasteiger partial charge is 0.496 e. The van der Waals surface area contributed by atoms with E-state index in [2.05, 4.69) is 26.6 Å². The number of aliphatic imine (C=N–C) groups is 1. The predicted octanol–water partition coefficient (Wildman–Crippen LogP) is 4.63. The fraction of sp³-hybridized carbons (Fsp3) is 0.385. The number of anilines is 1. The topological polar surface area (TPSA) is 96.4 Å². The van der Waals surface area contributed by atoms with E-state index in [9.17, 15) is 22.8 Å². The summed E-state index contributed by atoms with van der Waals surface area (Å²) < 4.78 is 47.1. The highest BCUT2D eigenvalue weighted by Crippen LogP contribution is 2.29. The Morgan fingerprint density at radius 2 is 2.03 bits per heavy atom. The van der Waals surface area contributed by atoms with Crippen molar-refractivity contribution in [2.45, 2.75) is 39.0 Å². The summed E-state index contributed by atoms with van der Waals surface area (Å²) in [6.07, 6.45) is -3.66. The first-order chi connectivity index (χ1) is 18.0. The highest BCUT2D eigenvalue weighted by atomic mass is 19.4. The lowest BCUT2D eigenvalue weighted by Gasteiger charge is -2.29. The van der Waals surface area contributed by atoms with Gasteiger partial charge in [0.15, 0.2) is 12.4 Å². The van der Waals surface area contributed by atoms with Gasteiger partial charge in [0, 0.05) is 26.2 Å². The lowest BCUT2D eigenvalue weighted by atomic mass is 9.96. The molecule has 0 saturated carbocycles. The van der Waals surface area contributed by atoms with Gasteiger partial charge < -0.3 is 24.6 Å². The molecule has 9 nitrogen and oxygen atoms in total. The Morgan fingerprint density at radius 3 is 2.63 bits per heavy atom. The van der Waals surface area contributed by atoms with Gasteiger partial charge in [-0.05, 0) is 61.9 Å². The quantitative estimate of drug-likeness (QED) is 0.412. The van der Waals surface area contributed by atoms with Crippen molar-refractivity contribution in [3.8, 4) is 5.75 Å². The Bertz CT molecular complexity index is 1230. The molecule has 0 saturated heterocycles. The fourth-order valence-electron chi connectivity index (χ4n) is 4.04. The van der Waals surface area contributed by atoms with Crippen LogP contribution in [0.15, 0.2) is 48.1 Å². The number of alkyl halides is 3. The number of methoxy groups -OCH3 is 1. The molecule has 2 aromatic rings. The molecule has 2 amide bonds. The van der Waals surface area contributed by atoms with E-state index in [0.29, 0.717) is 29.3 Å². The van der Waals surface area contributed by atoms with Gasteiger partial charge in [-0.1, -0.05) is 12.6 Å². The number of amides is 2. The SMILES string of the molecule is C=CN(C(=NC)c1cccc(NC(=O)c2cc3c(cc2OC)CCN(C(=O)OCC(F)(F)F)C3)n1)C(C)C. The van der Waals surface area contributed by atoms with Crippen LogP contribution < -0.4 is 10.1 Å². The van der Waals surface area contributed by atoms with Gasteiger partial charge >= 0.3 is 12.3 Å². The summed E-state index contributed by atoms with van der Waals surface area (Å²) in [7, 11) is 3.07. The van der Waals surface area contributed by atoms with Crippen LogP contribution in [0.3, 0.4) is 0 Å². The smallest absolute Gasteiger partial charge is 0.422 e. The molecule has 0 aliphatic carbocycles. The number of nitrogens with one attached hydrogen (secondary N) is 1. The molecule has 1 aliphatic rings. The van der Waals surface area contributed by atoms with Crippen molar-refractivity contribution in [2.24, 2.45) is 4.99 Å². The van der Waals surface area contributed by atoms with Crippen LogP contribution in [0.5, 0.6) is 5.75 Å². The molecule has 0 spiro atoms. The maximum Gasteiger partial charge on any atom is 0.422 e. The molecule has 12 heteroatoms. The van der Waals surface area contributed by atoms with Gasteiger partial charge in [-0.2, -0.15) is 13.2 Å². The van der Waals surface area contributed by atoms with Gasteiger partial charge in [-0.3, -0.25) is 9.79 Å². The molecule has 3 rings (SSSR count). The zero-order chi connectivity index (χ0) is 28.0. The van der Waals surface area contributed by atoms with Gasteiger partial charge in [0.05, 0.1) is 12.7 Å². The van der Waals surface area contributed by atoms with Crippen molar-refractivity contribution in [3.63, 3.8) is 0 Å². The number of aromatic nitrogens is 1. The molecular weight excluding hydrogens is 503 g/mol. The molecule has 1 aliphatic heterocycles. The lowest BCUT2D eigenvalue weighted by molar-refractivity contribution is -0.162. The highest BCUT2D eigenvalue weighted by Gasteiger charge is 2.32. The third kappa shape index (κ3) is 6.81. The van der Waals surface area contributed by atoms with Crippen LogP contribution in [0.2, 0.25) is 0 Å². The summed E-state index contributed by atoms with van der Waals surface area (Å²) in [6, 6.07) is 8.47. The van der Waals surface area contributed by atoms with E-state index in [4.69, 9.17) is 4.74 Å². The van der Waals surface area contributed by atoms with Crippen LogP contribution in [0, 0.1) is 0 Å². The first kappa shape index (κ1) is 28.5. The van der Waals surface area contributed by atoms with Crippen molar-refractivity contribution in [3.05, 3.63) is 65.5 Å². The maximum atomic E-state index is 13.2. The first-order valence-electron chi connectivity index (χ1n) is 11.8. The summed E-state index contributed by atoms with van der Waals surface area (Å²) in [6.45, 7) is 6.30. The third-order valence-electron chi connectivity index (χ3n) is 5.83. The maximum absolute atomic E-state index is 13.2. The first-order valence-corrected chi connectivity index (χ1v) is 11.8. The van der Waals surface area contributed by atoms with Gasteiger partial charge in [0.1, 0.15) is 17.3 Å². The van der Waals surface area contributed by atoms with Crippen molar-refractivity contribution < 1.29 is 32.2 Å². The van der Waals surface area contributed by atoms with E-state index in [1.807, 2.05) is 18.7 Å². The van der Waals surface area contributed by atoms with Crippen LogP contribution in [0.1, 0.15) is 41.0 Å². The van der Waals surface area contributed by atoms with Gasteiger partial charge in [-0.15, -0.1) is 0 Å². The molecule has 0 radical (unpaired) electrons. The second-order valence-corrected chi connectivity index (χ2v) is 8.76. The minimum atomic E-state index is -4.62. The minimum absolute atomic E-state index is 0.00700. The molecule has 204 valence electrons. The number of ether oxygens (including phenoxy) is 2. The van der Waals surface area contributed by atoms with E-state index in [1.165, 1.54) is 12.0 Å². The Labute approximate surface area is 218 Å². The number of carbonyl (C=O) groups is 2. The molecule has 0 unspecified atom stereocenters. The van der Waals surface area contributed by atoms with Crippen molar-refractivity contribution in [1.29, 1.82) is 0 Å². The van der Waals surface area contributed by atoms with Crippen LogP contribution in [-0.4, -0.2) is 72.1 Å². The lowest BCUT2D eigenvalue weighted by Crippen LogP contribution is -2.38. The Hall–Kier alpha value is -4.09. The second kappa shape index (κ2) is 12.0. The monoisotopic (exact) mass is 533 g/mol. The molecule has 0 atom stereocenters. The highest BCUT2D eigenvalue weighted by molar-refractivity contribution is 6.06. The molecule has 2 heterocycles.